The second kappa shape index (κ2) is 5.93. The summed E-state index contributed by atoms with van der Waals surface area (Å²) < 4.78 is 0. The molecule has 0 aliphatic heterocycles. The Kier molecular flexibility index (Phi) is 4.78. The number of amides is 2. The normalized spacial score (nSPS) is 10.9. The molecule has 1 rings (SSSR count). The van der Waals surface area contributed by atoms with Gasteiger partial charge in [-0.2, -0.15) is 0 Å². The van der Waals surface area contributed by atoms with E-state index in [4.69, 9.17) is 16.7 Å². The van der Waals surface area contributed by atoms with Gasteiger partial charge in [-0.15, -0.1) is 0 Å². The molecular formula is C13H17ClN2O3. The highest BCUT2D eigenvalue weighted by molar-refractivity contribution is 6.31. The number of benzene rings is 1. The smallest absolute Gasteiger partial charge is 0.319 e. The minimum atomic E-state index is -1.01. The number of aliphatic carboxylic acids is 1. The van der Waals surface area contributed by atoms with Crippen molar-refractivity contribution in [2.75, 3.05) is 11.9 Å². The molecule has 0 fully saturated rings. The van der Waals surface area contributed by atoms with E-state index in [0.29, 0.717) is 10.7 Å². The zero-order valence-electron chi connectivity index (χ0n) is 11.1. The lowest BCUT2D eigenvalue weighted by Gasteiger charge is -2.20. The molecule has 0 radical (unpaired) electrons. The summed E-state index contributed by atoms with van der Waals surface area (Å²) >= 11 is 5.94. The van der Waals surface area contributed by atoms with Gasteiger partial charge in [-0.25, -0.2) is 4.79 Å². The standard InChI is InChI=1S/C13H17ClN2O3/c1-8-9(14)5-4-6-10(8)16-12(19)15-7-13(2,3)11(17)18/h4-6H,7H2,1-3H3,(H,17,18)(H2,15,16,19). The number of hydrogen-bond acceptors (Lipinski definition) is 2. The SMILES string of the molecule is Cc1c(Cl)cccc1NC(=O)NCC(C)(C)C(=O)O. The Morgan fingerprint density at radius 3 is 2.58 bits per heavy atom. The van der Waals surface area contributed by atoms with E-state index in [1.54, 1.807) is 39.0 Å². The van der Waals surface area contributed by atoms with Crippen LogP contribution in [0.1, 0.15) is 19.4 Å². The first-order valence-corrected chi connectivity index (χ1v) is 6.15. The summed E-state index contributed by atoms with van der Waals surface area (Å²) in [5.41, 5.74) is 0.343. The van der Waals surface area contributed by atoms with Crippen LogP contribution in [0.5, 0.6) is 0 Å². The molecule has 0 bridgehead atoms. The number of halogens is 1. The van der Waals surface area contributed by atoms with E-state index in [0.717, 1.165) is 5.56 Å². The number of rotatable bonds is 4. The summed E-state index contributed by atoms with van der Waals surface area (Å²) in [6.45, 7) is 4.91. The predicted octanol–water partition coefficient (Wildman–Crippen LogP) is 2.88. The van der Waals surface area contributed by atoms with Crippen LogP contribution in [-0.4, -0.2) is 23.7 Å². The number of anilines is 1. The van der Waals surface area contributed by atoms with Crippen molar-refractivity contribution in [2.45, 2.75) is 20.8 Å². The maximum Gasteiger partial charge on any atom is 0.319 e. The molecule has 0 aliphatic rings. The number of urea groups is 1. The first-order chi connectivity index (χ1) is 8.74. The monoisotopic (exact) mass is 284 g/mol. The van der Waals surface area contributed by atoms with Gasteiger partial charge in [0, 0.05) is 17.3 Å². The molecule has 0 unspecified atom stereocenters. The van der Waals surface area contributed by atoms with Crippen molar-refractivity contribution in [1.82, 2.24) is 5.32 Å². The second-order valence-electron chi connectivity index (χ2n) is 4.91. The molecular weight excluding hydrogens is 268 g/mol. The van der Waals surface area contributed by atoms with E-state index in [1.165, 1.54) is 0 Å². The molecule has 0 saturated carbocycles. The quantitative estimate of drug-likeness (QED) is 0.795. The molecule has 0 heterocycles. The first kappa shape index (κ1) is 15.3. The first-order valence-electron chi connectivity index (χ1n) is 5.77. The molecule has 104 valence electrons. The number of carbonyl (C=O) groups is 2. The van der Waals surface area contributed by atoms with Crippen molar-refractivity contribution in [3.63, 3.8) is 0 Å². The number of carboxylic acid groups (broad SMARTS) is 1. The van der Waals surface area contributed by atoms with Crippen LogP contribution in [-0.2, 0) is 4.79 Å². The van der Waals surface area contributed by atoms with Gasteiger partial charge in [0.05, 0.1) is 5.41 Å². The highest BCUT2D eigenvalue weighted by atomic mass is 35.5. The average molecular weight is 285 g/mol. The van der Waals surface area contributed by atoms with Crippen molar-refractivity contribution in [1.29, 1.82) is 0 Å². The van der Waals surface area contributed by atoms with E-state index < -0.39 is 17.4 Å². The molecule has 0 atom stereocenters. The lowest BCUT2D eigenvalue weighted by atomic mass is 9.94. The highest BCUT2D eigenvalue weighted by Gasteiger charge is 2.27. The minimum Gasteiger partial charge on any atom is -0.481 e. The van der Waals surface area contributed by atoms with E-state index >= 15 is 0 Å². The van der Waals surface area contributed by atoms with Gasteiger partial charge >= 0.3 is 12.0 Å². The maximum absolute atomic E-state index is 11.7. The Morgan fingerprint density at radius 1 is 1.37 bits per heavy atom. The van der Waals surface area contributed by atoms with Crippen LogP contribution in [0.3, 0.4) is 0 Å². The van der Waals surface area contributed by atoms with Gasteiger partial charge < -0.3 is 15.7 Å². The summed E-state index contributed by atoms with van der Waals surface area (Å²) in [4.78, 5) is 22.6. The largest absolute Gasteiger partial charge is 0.481 e. The molecule has 0 saturated heterocycles. The van der Waals surface area contributed by atoms with Gasteiger partial charge in [0.1, 0.15) is 0 Å². The summed E-state index contributed by atoms with van der Waals surface area (Å²) in [7, 11) is 0. The molecule has 5 nitrogen and oxygen atoms in total. The van der Waals surface area contributed by atoms with Crippen molar-refractivity contribution in [3.8, 4) is 0 Å². The molecule has 19 heavy (non-hydrogen) atoms. The van der Waals surface area contributed by atoms with Gasteiger partial charge in [-0.05, 0) is 38.5 Å². The summed E-state index contributed by atoms with van der Waals surface area (Å²) in [6, 6.07) is 4.72. The van der Waals surface area contributed by atoms with Gasteiger partial charge in [-0.3, -0.25) is 4.79 Å². The van der Waals surface area contributed by atoms with Crippen molar-refractivity contribution in [3.05, 3.63) is 28.8 Å². The predicted molar refractivity (Wildman–Crippen MR) is 74.6 cm³/mol. The van der Waals surface area contributed by atoms with E-state index in [1.807, 2.05) is 0 Å². The van der Waals surface area contributed by atoms with Gasteiger partial charge in [0.25, 0.3) is 0 Å². The van der Waals surface area contributed by atoms with Crippen LogP contribution in [0.2, 0.25) is 5.02 Å². The topological polar surface area (TPSA) is 78.4 Å². The summed E-state index contributed by atoms with van der Waals surface area (Å²) in [5.74, 6) is -0.966. The molecule has 1 aromatic rings. The Bertz CT molecular complexity index is 501. The van der Waals surface area contributed by atoms with Gasteiger partial charge in [0.2, 0.25) is 0 Å². The average Bonchev–Trinajstić information content (AvgIpc) is 2.32. The van der Waals surface area contributed by atoms with Crippen LogP contribution in [0, 0.1) is 12.3 Å². The fourth-order valence-electron chi connectivity index (χ4n) is 1.29. The fraction of sp³-hybridized carbons (Fsp3) is 0.385. The number of nitrogens with one attached hydrogen (secondary N) is 2. The third-order valence-electron chi connectivity index (χ3n) is 2.79. The molecule has 2 amide bonds. The lowest BCUT2D eigenvalue weighted by Crippen LogP contribution is -2.40. The third kappa shape index (κ3) is 4.13. The Balaban J connectivity index is 2.62. The number of hydrogen-bond donors (Lipinski definition) is 3. The van der Waals surface area contributed by atoms with E-state index in [9.17, 15) is 9.59 Å². The van der Waals surface area contributed by atoms with Crippen molar-refractivity contribution >= 4 is 29.3 Å². The Labute approximate surface area is 117 Å². The molecule has 0 aliphatic carbocycles. The van der Waals surface area contributed by atoms with Crippen LogP contribution < -0.4 is 10.6 Å². The summed E-state index contributed by atoms with van der Waals surface area (Å²) in [6.07, 6.45) is 0. The van der Waals surface area contributed by atoms with Crippen LogP contribution in [0.15, 0.2) is 18.2 Å². The van der Waals surface area contributed by atoms with Crippen molar-refractivity contribution in [2.24, 2.45) is 5.41 Å². The molecule has 3 N–H and O–H groups in total. The number of carbonyl (C=O) groups excluding carboxylic acids is 1. The fourth-order valence-corrected chi connectivity index (χ4v) is 1.46. The molecule has 0 spiro atoms. The highest BCUT2D eigenvalue weighted by Crippen LogP contribution is 2.22. The number of carboxylic acids is 1. The maximum atomic E-state index is 11.7. The minimum absolute atomic E-state index is 0.0355. The molecule has 1 aromatic carbocycles. The third-order valence-corrected chi connectivity index (χ3v) is 3.20. The lowest BCUT2D eigenvalue weighted by molar-refractivity contribution is -0.146. The van der Waals surface area contributed by atoms with Gasteiger partial charge in [0.15, 0.2) is 0 Å². The van der Waals surface area contributed by atoms with Crippen molar-refractivity contribution < 1.29 is 14.7 Å². The molecule has 0 aromatic heterocycles. The second-order valence-corrected chi connectivity index (χ2v) is 5.32. The van der Waals surface area contributed by atoms with Crippen LogP contribution in [0.4, 0.5) is 10.5 Å². The van der Waals surface area contributed by atoms with Crippen LogP contribution >= 0.6 is 11.6 Å². The van der Waals surface area contributed by atoms with E-state index in [-0.39, 0.29) is 6.54 Å². The zero-order valence-corrected chi connectivity index (χ0v) is 11.8. The Hall–Kier alpha value is -1.75. The molecule has 6 heteroatoms. The Morgan fingerprint density at radius 2 is 2.00 bits per heavy atom. The summed E-state index contributed by atoms with van der Waals surface area (Å²) in [5, 5.41) is 14.7. The van der Waals surface area contributed by atoms with Gasteiger partial charge in [-0.1, -0.05) is 17.7 Å². The van der Waals surface area contributed by atoms with E-state index in [2.05, 4.69) is 10.6 Å². The zero-order chi connectivity index (χ0) is 14.6. The van der Waals surface area contributed by atoms with Crippen LogP contribution in [0.25, 0.3) is 0 Å².